The van der Waals surface area contributed by atoms with E-state index in [1.165, 1.54) is 12.1 Å². The molecule has 2 aliphatic rings. The average Bonchev–Trinajstić information content (AvgIpc) is 3.30. The smallest absolute Gasteiger partial charge is 0.368 e. The van der Waals surface area contributed by atoms with Crippen LogP contribution in [0.25, 0.3) is 11.3 Å². The van der Waals surface area contributed by atoms with E-state index >= 15 is 0 Å². The minimum Gasteiger partial charge on any atom is -0.368 e. The van der Waals surface area contributed by atoms with Crippen molar-refractivity contribution >= 4 is 5.91 Å². The molecular formula is C18H18F3N3O2. The number of rotatable bonds is 2. The number of nitrogens with one attached hydrogen (secondary N) is 1. The number of hydrogen-bond acceptors (Lipinski definition) is 3. The van der Waals surface area contributed by atoms with Crippen molar-refractivity contribution < 1.29 is 22.7 Å². The summed E-state index contributed by atoms with van der Waals surface area (Å²) < 4.78 is 43.7. The summed E-state index contributed by atoms with van der Waals surface area (Å²) >= 11 is 0. The molecule has 0 bridgehead atoms. The lowest BCUT2D eigenvalue weighted by molar-refractivity contribution is -0.142. The Morgan fingerprint density at radius 3 is 2.69 bits per heavy atom. The van der Waals surface area contributed by atoms with Gasteiger partial charge in [0.25, 0.3) is 5.91 Å². The van der Waals surface area contributed by atoms with Crippen molar-refractivity contribution in [1.82, 2.24) is 15.1 Å². The topological polar surface area (TPSA) is 58.2 Å². The van der Waals surface area contributed by atoms with E-state index in [2.05, 4.69) is 10.2 Å². The second-order valence-electron chi connectivity index (χ2n) is 6.62. The molecule has 3 heterocycles. The third-order valence-corrected chi connectivity index (χ3v) is 4.94. The lowest BCUT2D eigenvalue weighted by Gasteiger charge is -2.29. The second-order valence-corrected chi connectivity index (χ2v) is 6.62. The van der Waals surface area contributed by atoms with Gasteiger partial charge in [-0.15, -0.1) is 0 Å². The fourth-order valence-corrected chi connectivity index (χ4v) is 3.52. The van der Waals surface area contributed by atoms with Gasteiger partial charge in [-0.3, -0.25) is 9.89 Å². The van der Waals surface area contributed by atoms with Crippen molar-refractivity contribution in [2.45, 2.75) is 38.1 Å². The first-order valence-corrected chi connectivity index (χ1v) is 8.57. The summed E-state index contributed by atoms with van der Waals surface area (Å²) in [6, 6.07) is 4.93. The minimum absolute atomic E-state index is 0.0206. The van der Waals surface area contributed by atoms with E-state index in [4.69, 9.17) is 4.74 Å². The highest BCUT2D eigenvalue weighted by atomic mass is 19.4. The Morgan fingerprint density at radius 1 is 1.27 bits per heavy atom. The second kappa shape index (κ2) is 6.42. The van der Waals surface area contributed by atoms with Crippen molar-refractivity contribution in [2.24, 2.45) is 0 Å². The molecule has 1 N–H and O–H groups in total. The third kappa shape index (κ3) is 3.09. The van der Waals surface area contributed by atoms with E-state index in [1.54, 1.807) is 4.90 Å². The molecule has 1 aromatic carbocycles. The number of ether oxygens (including phenoxy) is 1. The van der Waals surface area contributed by atoms with Gasteiger partial charge in [-0.1, -0.05) is 12.1 Å². The number of alkyl halides is 3. The highest BCUT2D eigenvalue weighted by Crippen LogP contribution is 2.33. The number of amides is 1. The maximum Gasteiger partial charge on any atom is 0.416 e. The number of aromatic nitrogens is 2. The Labute approximate surface area is 148 Å². The molecule has 0 unspecified atom stereocenters. The highest BCUT2D eigenvalue weighted by Gasteiger charge is 2.33. The number of benzene rings is 1. The summed E-state index contributed by atoms with van der Waals surface area (Å²) in [5.41, 5.74) is 2.29. The van der Waals surface area contributed by atoms with Crippen LogP contribution in [0.3, 0.4) is 0 Å². The summed E-state index contributed by atoms with van der Waals surface area (Å²) in [5, 5.41) is 7.23. The van der Waals surface area contributed by atoms with E-state index in [9.17, 15) is 18.0 Å². The van der Waals surface area contributed by atoms with Crippen molar-refractivity contribution in [1.29, 1.82) is 0 Å². The van der Waals surface area contributed by atoms with Crippen molar-refractivity contribution in [3.63, 3.8) is 0 Å². The molecule has 1 amide bonds. The van der Waals surface area contributed by atoms with Gasteiger partial charge >= 0.3 is 6.18 Å². The van der Waals surface area contributed by atoms with Gasteiger partial charge in [0.05, 0.1) is 11.3 Å². The quantitative estimate of drug-likeness (QED) is 0.889. The Bertz CT molecular complexity index is 808. The molecule has 138 valence electrons. The van der Waals surface area contributed by atoms with Gasteiger partial charge < -0.3 is 9.64 Å². The molecule has 2 aromatic rings. The van der Waals surface area contributed by atoms with Crippen LogP contribution in [0.2, 0.25) is 0 Å². The first kappa shape index (κ1) is 17.1. The van der Waals surface area contributed by atoms with Crippen LogP contribution in [0.15, 0.2) is 24.3 Å². The van der Waals surface area contributed by atoms with Gasteiger partial charge in [-0.25, -0.2) is 0 Å². The average molecular weight is 365 g/mol. The van der Waals surface area contributed by atoms with Crippen LogP contribution in [0.1, 0.15) is 29.7 Å². The van der Waals surface area contributed by atoms with Gasteiger partial charge in [0.1, 0.15) is 6.10 Å². The van der Waals surface area contributed by atoms with Crippen molar-refractivity contribution in [3.05, 3.63) is 41.1 Å². The number of nitrogens with zero attached hydrogens (tertiary/aromatic N) is 2. The van der Waals surface area contributed by atoms with E-state index < -0.39 is 11.7 Å². The highest BCUT2D eigenvalue weighted by molar-refractivity contribution is 5.82. The number of carbonyl (C=O) groups is 1. The minimum atomic E-state index is -4.37. The summed E-state index contributed by atoms with van der Waals surface area (Å²) in [6.45, 7) is 1.58. The number of carbonyl (C=O) groups excluding carboxylic acids is 1. The number of hydrogen-bond donors (Lipinski definition) is 1. The molecule has 1 saturated heterocycles. The standard InChI is InChI=1S/C18H18F3N3O2/c19-18(20,21)12-5-3-11(4-6-12)16-13-10-24(8-7-14(13)22-23-16)17(25)15-2-1-9-26-15/h3-6,15H,1-2,7-10H2,(H,22,23)/t15-/m1/s1. The zero-order valence-electron chi connectivity index (χ0n) is 14.0. The summed E-state index contributed by atoms with van der Waals surface area (Å²) in [6.07, 6.45) is -2.48. The van der Waals surface area contributed by atoms with Crippen LogP contribution >= 0.6 is 0 Å². The Balaban J connectivity index is 1.58. The van der Waals surface area contributed by atoms with Crippen LogP contribution < -0.4 is 0 Å². The van der Waals surface area contributed by atoms with Gasteiger partial charge in [0, 0.05) is 42.9 Å². The van der Waals surface area contributed by atoms with Gasteiger partial charge in [-0.2, -0.15) is 18.3 Å². The zero-order valence-corrected chi connectivity index (χ0v) is 14.0. The van der Waals surface area contributed by atoms with Crippen LogP contribution in [-0.2, 0) is 28.7 Å². The lowest BCUT2D eigenvalue weighted by atomic mass is 9.99. The van der Waals surface area contributed by atoms with E-state index in [0.717, 1.165) is 36.2 Å². The summed E-state index contributed by atoms with van der Waals surface area (Å²) in [7, 11) is 0. The molecule has 4 rings (SSSR count). The lowest BCUT2D eigenvalue weighted by Crippen LogP contribution is -2.41. The number of halogens is 3. The molecule has 2 aliphatic heterocycles. The normalized spacial score (nSPS) is 20.3. The van der Waals surface area contributed by atoms with Crippen LogP contribution in [0.4, 0.5) is 13.2 Å². The Morgan fingerprint density at radius 2 is 2.04 bits per heavy atom. The molecule has 0 saturated carbocycles. The monoisotopic (exact) mass is 365 g/mol. The van der Waals surface area contributed by atoms with E-state index in [1.807, 2.05) is 0 Å². The first-order chi connectivity index (χ1) is 12.4. The number of H-pyrrole nitrogens is 1. The zero-order chi connectivity index (χ0) is 18.3. The van der Waals surface area contributed by atoms with Crippen LogP contribution in [0.5, 0.6) is 0 Å². The molecule has 1 fully saturated rings. The summed E-state index contributed by atoms with van der Waals surface area (Å²) in [4.78, 5) is 14.3. The summed E-state index contributed by atoms with van der Waals surface area (Å²) in [5.74, 6) is -0.0206. The van der Waals surface area contributed by atoms with E-state index in [-0.39, 0.29) is 12.0 Å². The molecule has 0 radical (unpaired) electrons. The predicted molar refractivity (Wildman–Crippen MR) is 87.1 cm³/mol. The molecule has 26 heavy (non-hydrogen) atoms. The molecule has 1 atom stereocenters. The van der Waals surface area contributed by atoms with Crippen molar-refractivity contribution in [2.75, 3.05) is 13.2 Å². The Kier molecular flexibility index (Phi) is 4.22. The molecule has 1 aromatic heterocycles. The molecule has 5 nitrogen and oxygen atoms in total. The molecule has 8 heteroatoms. The molecular weight excluding hydrogens is 347 g/mol. The number of fused-ring (bicyclic) bond motifs is 1. The number of aromatic amines is 1. The fourth-order valence-electron chi connectivity index (χ4n) is 3.52. The third-order valence-electron chi connectivity index (χ3n) is 4.94. The predicted octanol–water partition coefficient (Wildman–Crippen LogP) is 3.16. The van der Waals surface area contributed by atoms with Crippen molar-refractivity contribution in [3.8, 4) is 11.3 Å². The largest absolute Gasteiger partial charge is 0.416 e. The molecule has 0 aliphatic carbocycles. The maximum absolute atomic E-state index is 12.7. The maximum atomic E-state index is 12.7. The van der Waals surface area contributed by atoms with Gasteiger partial charge in [-0.05, 0) is 25.0 Å². The Hall–Kier alpha value is -2.35. The van der Waals surface area contributed by atoms with Crippen LogP contribution in [0, 0.1) is 0 Å². The van der Waals surface area contributed by atoms with Gasteiger partial charge in [0.15, 0.2) is 0 Å². The SMILES string of the molecule is O=C([C@H]1CCCO1)N1CCc2[nH]nc(-c3ccc(C(F)(F)F)cc3)c2C1. The van der Waals surface area contributed by atoms with E-state index in [0.29, 0.717) is 37.4 Å². The molecule has 0 spiro atoms. The first-order valence-electron chi connectivity index (χ1n) is 8.57. The van der Waals surface area contributed by atoms with Crippen LogP contribution in [-0.4, -0.2) is 40.3 Å². The van der Waals surface area contributed by atoms with Gasteiger partial charge in [0.2, 0.25) is 0 Å². The fraction of sp³-hybridized carbons (Fsp3) is 0.444.